The first-order chi connectivity index (χ1) is 11.9. The second-order valence-corrected chi connectivity index (χ2v) is 5.20. The molecule has 1 aliphatic rings. The van der Waals surface area contributed by atoms with Crippen molar-refractivity contribution in [1.29, 1.82) is 0 Å². The van der Waals surface area contributed by atoms with Gasteiger partial charge in [0.2, 0.25) is 5.91 Å². The van der Waals surface area contributed by atoms with Gasteiger partial charge < -0.3 is 30.5 Å². The second kappa shape index (κ2) is 7.67. The summed E-state index contributed by atoms with van der Waals surface area (Å²) >= 11 is 0. The van der Waals surface area contributed by atoms with Crippen LogP contribution in [0.4, 0.5) is 5.69 Å². The fraction of sp³-hybridized carbons (Fsp3) is 0.312. The average Bonchev–Trinajstić information content (AvgIpc) is 2.91. The molecule has 0 saturated heterocycles. The lowest BCUT2D eigenvalue weighted by molar-refractivity contribution is -0.136. The first-order valence-electron chi connectivity index (χ1n) is 7.39. The summed E-state index contributed by atoms with van der Waals surface area (Å²) < 4.78 is 9.92. The van der Waals surface area contributed by atoms with Crippen LogP contribution in [0.1, 0.15) is 10.4 Å². The maximum absolute atomic E-state index is 12.5. The molecule has 0 aromatic heterocycles. The van der Waals surface area contributed by atoms with Crippen LogP contribution in [0.15, 0.2) is 29.5 Å². The Hall–Kier alpha value is -3.07. The predicted molar refractivity (Wildman–Crippen MR) is 87.8 cm³/mol. The normalized spacial score (nSPS) is 13.9. The van der Waals surface area contributed by atoms with Gasteiger partial charge in [-0.15, -0.1) is 0 Å². The molecular formula is C16H19N3O6. The van der Waals surface area contributed by atoms with Crippen molar-refractivity contribution in [2.45, 2.75) is 0 Å². The third-order valence-corrected chi connectivity index (χ3v) is 3.70. The molecule has 0 bridgehead atoms. The number of esters is 1. The highest BCUT2D eigenvalue weighted by Gasteiger charge is 2.34. The van der Waals surface area contributed by atoms with Crippen LogP contribution in [-0.2, 0) is 14.3 Å². The largest absolute Gasteiger partial charge is 0.495 e. The van der Waals surface area contributed by atoms with E-state index >= 15 is 0 Å². The number of amides is 2. The van der Waals surface area contributed by atoms with E-state index in [1.807, 2.05) is 0 Å². The van der Waals surface area contributed by atoms with Gasteiger partial charge in [-0.2, -0.15) is 0 Å². The number of nitrogens with one attached hydrogen (secondary N) is 1. The minimum atomic E-state index is -0.665. The molecule has 0 spiro atoms. The molecule has 0 atom stereocenters. The summed E-state index contributed by atoms with van der Waals surface area (Å²) in [6.07, 6.45) is 0. The molecule has 1 aromatic carbocycles. The number of hydrogen-bond donors (Lipinski definition) is 3. The van der Waals surface area contributed by atoms with E-state index in [4.69, 9.17) is 20.3 Å². The number of hydrogen-bond acceptors (Lipinski definition) is 7. The van der Waals surface area contributed by atoms with Gasteiger partial charge in [-0.25, -0.2) is 4.79 Å². The number of aliphatic hydroxyl groups is 1. The number of rotatable bonds is 7. The Morgan fingerprint density at radius 1 is 1.36 bits per heavy atom. The van der Waals surface area contributed by atoms with Crippen molar-refractivity contribution in [2.24, 2.45) is 5.73 Å². The Balaban J connectivity index is 2.44. The number of nitrogens with zero attached hydrogens (tertiary/aromatic N) is 1. The number of anilines is 1. The van der Waals surface area contributed by atoms with Gasteiger partial charge in [-0.05, 0) is 18.2 Å². The molecule has 1 aromatic rings. The summed E-state index contributed by atoms with van der Waals surface area (Å²) in [7, 11) is 2.63. The van der Waals surface area contributed by atoms with Gasteiger partial charge in [-0.1, -0.05) is 0 Å². The van der Waals surface area contributed by atoms with E-state index in [9.17, 15) is 14.4 Å². The number of benzene rings is 1. The maximum atomic E-state index is 12.5. The number of aliphatic hydroxyl groups excluding tert-OH is 1. The number of methoxy groups -OCH3 is 2. The van der Waals surface area contributed by atoms with Crippen LogP contribution in [0.2, 0.25) is 0 Å². The Bertz CT molecular complexity index is 743. The molecule has 0 unspecified atom stereocenters. The molecule has 25 heavy (non-hydrogen) atoms. The molecule has 2 amide bonds. The van der Waals surface area contributed by atoms with Gasteiger partial charge in [0.1, 0.15) is 11.4 Å². The van der Waals surface area contributed by atoms with Gasteiger partial charge in [0.05, 0.1) is 38.6 Å². The molecule has 9 nitrogen and oxygen atoms in total. The van der Waals surface area contributed by atoms with Crippen molar-refractivity contribution >= 4 is 23.5 Å². The van der Waals surface area contributed by atoms with Crippen LogP contribution in [0.3, 0.4) is 0 Å². The monoisotopic (exact) mass is 349 g/mol. The SMILES string of the molecule is COC(=O)C1=C(Nc2cc(C(N)=O)ccc2OC)C(=O)N(CCO)C1. The summed E-state index contributed by atoms with van der Waals surface area (Å²) in [6, 6.07) is 4.42. The molecule has 0 aliphatic carbocycles. The average molecular weight is 349 g/mol. The van der Waals surface area contributed by atoms with Crippen LogP contribution in [-0.4, -0.2) is 61.7 Å². The molecule has 9 heteroatoms. The van der Waals surface area contributed by atoms with Crippen molar-refractivity contribution in [3.05, 3.63) is 35.0 Å². The van der Waals surface area contributed by atoms with E-state index < -0.39 is 17.8 Å². The first-order valence-corrected chi connectivity index (χ1v) is 7.39. The zero-order chi connectivity index (χ0) is 18.6. The van der Waals surface area contributed by atoms with E-state index in [1.165, 1.54) is 37.3 Å². The van der Waals surface area contributed by atoms with E-state index in [0.717, 1.165) is 0 Å². The van der Waals surface area contributed by atoms with Crippen LogP contribution < -0.4 is 15.8 Å². The van der Waals surface area contributed by atoms with Crippen molar-refractivity contribution in [3.8, 4) is 5.75 Å². The van der Waals surface area contributed by atoms with Gasteiger partial charge in [0.15, 0.2) is 0 Å². The lowest BCUT2D eigenvalue weighted by Crippen LogP contribution is -2.31. The lowest BCUT2D eigenvalue weighted by atomic mass is 10.1. The number of carbonyl (C=O) groups is 3. The van der Waals surface area contributed by atoms with Crippen molar-refractivity contribution in [2.75, 3.05) is 39.2 Å². The molecule has 4 N–H and O–H groups in total. The zero-order valence-electron chi connectivity index (χ0n) is 13.9. The fourth-order valence-corrected chi connectivity index (χ4v) is 2.44. The molecule has 0 radical (unpaired) electrons. The quantitative estimate of drug-likeness (QED) is 0.564. The molecule has 134 valence electrons. The van der Waals surface area contributed by atoms with E-state index in [1.54, 1.807) is 0 Å². The van der Waals surface area contributed by atoms with Gasteiger partial charge in [0, 0.05) is 12.1 Å². The Morgan fingerprint density at radius 2 is 2.08 bits per heavy atom. The van der Waals surface area contributed by atoms with Crippen molar-refractivity contribution < 1.29 is 29.0 Å². The summed E-state index contributed by atoms with van der Waals surface area (Å²) in [5, 5.41) is 11.9. The standard InChI is InChI=1S/C16H19N3O6/c1-24-12-4-3-9(14(17)21)7-11(12)18-13-10(16(23)25-2)8-19(5-6-20)15(13)22/h3-4,7,18,20H,5-6,8H2,1-2H3,(H2,17,21). The van der Waals surface area contributed by atoms with Crippen molar-refractivity contribution in [1.82, 2.24) is 4.90 Å². The zero-order valence-corrected chi connectivity index (χ0v) is 13.9. The summed E-state index contributed by atoms with van der Waals surface area (Å²) in [5.74, 6) is -1.43. The topological polar surface area (TPSA) is 131 Å². The minimum Gasteiger partial charge on any atom is -0.495 e. The highest BCUT2D eigenvalue weighted by molar-refractivity contribution is 6.09. The predicted octanol–water partition coefficient (Wildman–Crippen LogP) is -0.532. The number of β-amino-alcohol motifs (C(OH)–C–C–N with tert-alkyl or cyclic N) is 1. The molecular weight excluding hydrogens is 330 g/mol. The fourth-order valence-electron chi connectivity index (χ4n) is 2.44. The lowest BCUT2D eigenvalue weighted by Gasteiger charge is -2.16. The highest BCUT2D eigenvalue weighted by Crippen LogP contribution is 2.30. The summed E-state index contributed by atoms with van der Waals surface area (Å²) in [4.78, 5) is 37.2. The Labute approximate surface area is 144 Å². The van der Waals surface area contributed by atoms with Crippen LogP contribution in [0.5, 0.6) is 5.75 Å². The van der Waals surface area contributed by atoms with Crippen LogP contribution in [0.25, 0.3) is 0 Å². The van der Waals surface area contributed by atoms with Crippen LogP contribution >= 0.6 is 0 Å². The summed E-state index contributed by atoms with van der Waals surface area (Å²) in [6.45, 7) is -0.164. The van der Waals surface area contributed by atoms with E-state index in [2.05, 4.69) is 5.32 Å². The molecule has 0 fully saturated rings. The van der Waals surface area contributed by atoms with Crippen LogP contribution in [0, 0.1) is 0 Å². The second-order valence-electron chi connectivity index (χ2n) is 5.20. The first kappa shape index (κ1) is 18.3. The number of primary amides is 1. The van der Waals surface area contributed by atoms with E-state index in [0.29, 0.717) is 11.4 Å². The Morgan fingerprint density at radius 3 is 2.64 bits per heavy atom. The molecule has 1 aliphatic heterocycles. The smallest absolute Gasteiger partial charge is 0.337 e. The maximum Gasteiger partial charge on any atom is 0.337 e. The van der Waals surface area contributed by atoms with Crippen molar-refractivity contribution in [3.63, 3.8) is 0 Å². The van der Waals surface area contributed by atoms with Gasteiger partial charge in [-0.3, -0.25) is 9.59 Å². The number of carbonyl (C=O) groups excluding carboxylic acids is 3. The molecule has 2 rings (SSSR count). The Kier molecular flexibility index (Phi) is 5.60. The van der Waals surface area contributed by atoms with E-state index in [-0.39, 0.29) is 36.5 Å². The molecule has 1 heterocycles. The van der Waals surface area contributed by atoms with Gasteiger partial charge >= 0.3 is 5.97 Å². The highest BCUT2D eigenvalue weighted by atomic mass is 16.5. The third-order valence-electron chi connectivity index (χ3n) is 3.70. The minimum absolute atomic E-state index is 0.000204. The third kappa shape index (κ3) is 3.72. The summed E-state index contributed by atoms with van der Waals surface area (Å²) in [5.41, 5.74) is 5.90. The number of nitrogens with two attached hydrogens (primary N) is 1. The number of ether oxygens (including phenoxy) is 2. The van der Waals surface area contributed by atoms with Gasteiger partial charge in [0.25, 0.3) is 5.91 Å². The molecule has 0 saturated carbocycles.